The van der Waals surface area contributed by atoms with Crippen molar-refractivity contribution in [1.82, 2.24) is 9.97 Å². The number of nitrogen functional groups attached to an aromatic ring is 3. The van der Waals surface area contributed by atoms with E-state index in [1.54, 1.807) is 6.92 Å². The Morgan fingerprint density at radius 2 is 1.81 bits per heavy atom. The van der Waals surface area contributed by atoms with Gasteiger partial charge in [0.25, 0.3) is 0 Å². The fraction of sp³-hybridized carbons (Fsp3) is 0.500. The van der Waals surface area contributed by atoms with Crippen LogP contribution in [0.1, 0.15) is 13.8 Å². The summed E-state index contributed by atoms with van der Waals surface area (Å²) in [6, 6.07) is 0. The average molecular weight is 229 g/mol. The second-order valence-electron chi connectivity index (χ2n) is 3.11. The lowest BCUT2D eigenvalue weighted by Crippen LogP contribution is -2.23. The van der Waals surface area contributed by atoms with E-state index < -0.39 is 12.6 Å². The molecule has 90 valence electrons. The Labute approximate surface area is 92.4 Å². The quantitative estimate of drug-likeness (QED) is 0.496. The van der Waals surface area contributed by atoms with Gasteiger partial charge in [-0.05, 0) is 13.8 Å². The van der Waals surface area contributed by atoms with Crippen LogP contribution in [0.4, 0.5) is 17.5 Å². The molecular weight excluding hydrogens is 214 g/mol. The molecule has 1 aromatic rings. The Morgan fingerprint density at radius 1 is 1.19 bits per heavy atom. The summed E-state index contributed by atoms with van der Waals surface area (Å²) in [5.74, 6) is 0.0100. The first-order chi connectivity index (χ1) is 7.40. The summed E-state index contributed by atoms with van der Waals surface area (Å²) >= 11 is 0. The summed E-state index contributed by atoms with van der Waals surface area (Å²) in [6.45, 7) is 3.02. The van der Waals surface area contributed by atoms with E-state index in [1.165, 1.54) is 6.92 Å². The highest BCUT2D eigenvalue weighted by molar-refractivity contribution is 5.65. The van der Waals surface area contributed by atoms with Crippen LogP contribution in [-0.4, -0.2) is 27.7 Å². The highest BCUT2D eigenvalue weighted by atomic mass is 16.7. The van der Waals surface area contributed by atoms with Crippen molar-refractivity contribution in [3.63, 3.8) is 0 Å². The van der Waals surface area contributed by atoms with Crippen molar-refractivity contribution < 1.29 is 14.6 Å². The largest absolute Gasteiger partial charge is 0.446 e. The third-order valence-electron chi connectivity index (χ3n) is 1.62. The number of ether oxygens (including phenoxy) is 2. The number of aromatic nitrogens is 2. The van der Waals surface area contributed by atoms with Gasteiger partial charge in [0.1, 0.15) is 5.69 Å². The molecule has 0 aliphatic carbocycles. The molecule has 16 heavy (non-hydrogen) atoms. The van der Waals surface area contributed by atoms with Gasteiger partial charge < -0.3 is 31.8 Å². The Bertz CT molecular complexity index is 371. The standard InChI is InChI=1S/C8H15N5O3/c1-3(14)15-4(2)16-7-5(9)6(10)12-8(11)13-7/h3-4,14H,9H2,1-2H3,(H4,10,11,12,13). The zero-order valence-corrected chi connectivity index (χ0v) is 9.04. The fourth-order valence-electron chi connectivity index (χ4n) is 1.03. The molecule has 0 saturated heterocycles. The molecule has 0 amide bonds. The molecule has 0 saturated carbocycles. The maximum Gasteiger partial charge on any atom is 0.246 e. The molecule has 0 aliphatic heterocycles. The first kappa shape index (κ1) is 12.3. The Morgan fingerprint density at radius 3 is 2.38 bits per heavy atom. The number of anilines is 3. The zero-order valence-electron chi connectivity index (χ0n) is 9.04. The minimum Gasteiger partial charge on any atom is -0.446 e. The Kier molecular flexibility index (Phi) is 3.69. The van der Waals surface area contributed by atoms with Crippen molar-refractivity contribution in [1.29, 1.82) is 0 Å². The van der Waals surface area contributed by atoms with E-state index in [0.29, 0.717) is 0 Å². The smallest absolute Gasteiger partial charge is 0.246 e. The minimum atomic E-state index is -0.965. The molecule has 0 aromatic carbocycles. The number of nitrogens with two attached hydrogens (primary N) is 3. The van der Waals surface area contributed by atoms with E-state index in [4.69, 9.17) is 31.8 Å². The van der Waals surface area contributed by atoms with E-state index in [-0.39, 0.29) is 23.3 Å². The van der Waals surface area contributed by atoms with Crippen LogP contribution in [-0.2, 0) is 4.74 Å². The summed E-state index contributed by atoms with van der Waals surface area (Å²) in [4.78, 5) is 7.41. The van der Waals surface area contributed by atoms with E-state index in [9.17, 15) is 0 Å². The van der Waals surface area contributed by atoms with Crippen molar-refractivity contribution in [2.45, 2.75) is 26.4 Å². The molecule has 1 aromatic heterocycles. The first-order valence-electron chi connectivity index (χ1n) is 4.58. The van der Waals surface area contributed by atoms with Gasteiger partial charge in [-0.2, -0.15) is 9.97 Å². The topological polar surface area (TPSA) is 143 Å². The lowest BCUT2D eigenvalue weighted by molar-refractivity contribution is -0.180. The zero-order chi connectivity index (χ0) is 12.3. The van der Waals surface area contributed by atoms with Crippen molar-refractivity contribution in [3.05, 3.63) is 0 Å². The number of hydrogen-bond acceptors (Lipinski definition) is 8. The Hall–Kier alpha value is -1.80. The van der Waals surface area contributed by atoms with Gasteiger partial charge >= 0.3 is 0 Å². The molecule has 0 spiro atoms. The average Bonchev–Trinajstić information content (AvgIpc) is 2.11. The molecule has 8 nitrogen and oxygen atoms in total. The predicted octanol–water partition coefficient (Wildman–Crippen LogP) is -0.697. The lowest BCUT2D eigenvalue weighted by Gasteiger charge is -2.17. The number of rotatable bonds is 4. The molecule has 2 unspecified atom stereocenters. The van der Waals surface area contributed by atoms with Crippen LogP contribution >= 0.6 is 0 Å². The second-order valence-corrected chi connectivity index (χ2v) is 3.11. The normalized spacial score (nSPS) is 14.4. The molecule has 1 heterocycles. The monoisotopic (exact) mass is 229 g/mol. The molecule has 0 fully saturated rings. The number of aliphatic hydroxyl groups is 1. The van der Waals surface area contributed by atoms with Gasteiger partial charge in [0.2, 0.25) is 18.1 Å². The maximum atomic E-state index is 8.96. The van der Waals surface area contributed by atoms with Gasteiger partial charge in [-0.3, -0.25) is 0 Å². The van der Waals surface area contributed by atoms with Gasteiger partial charge in [-0.1, -0.05) is 0 Å². The molecule has 8 heteroatoms. The van der Waals surface area contributed by atoms with Crippen molar-refractivity contribution in [2.75, 3.05) is 17.2 Å². The summed E-state index contributed by atoms with van der Waals surface area (Å²) in [5, 5.41) is 8.96. The molecule has 1 rings (SSSR count). The van der Waals surface area contributed by atoms with Crippen molar-refractivity contribution in [2.24, 2.45) is 0 Å². The van der Waals surface area contributed by atoms with Crippen molar-refractivity contribution >= 4 is 17.5 Å². The van der Waals surface area contributed by atoms with Gasteiger partial charge in [0.15, 0.2) is 12.1 Å². The molecular formula is C8H15N5O3. The van der Waals surface area contributed by atoms with E-state index in [2.05, 4.69) is 9.97 Å². The number of aliphatic hydroxyl groups excluding tert-OH is 1. The SMILES string of the molecule is CC(O)OC(C)Oc1nc(N)nc(N)c1N. The number of nitrogens with zero attached hydrogens (tertiary/aromatic N) is 2. The number of hydrogen-bond donors (Lipinski definition) is 4. The molecule has 2 atom stereocenters. The van der Waals surface area contributed by atoms with E-state index in [1.807, 2.05) is 0 Å². The van der Waals surface area contributed by atoms with Gasteiger partial charge in [-0.15, -0.1) is 0 Å². The van der Waals surface area contributed by atoms with Gasteiger partial charge in [0.05, 0.1) is 0 Å². The Balaban J connectivity index is 2.80. The van der Waals surface area contributed by atoms with Crippen LogP contribution in [0.25, 0.3) is 0 Å². The molecule has 0 bridgehead atoms. The summed E-state index contributed by atoms with van der Waals surface area (Å²) in [7, 11) is 0. The maximum absolute atomic E-state index is 8.96. The fourth-order valence-corrected chi connectivity index (χ4v) is 1.03. The molecule has 0 radical (unpaired) electrons. The summed E-state index contributed by atoms with van der Waals surface area (Å²) < 4.78 is 10.1. The highest BCUT2D eigenvalue weighted by Gasteiger charge is 2.14. The first-order valence-corrected chi connectivity index (χ1v) is 4.58. The van der Waals surface area contributed by atoms with E-state index in [0.717, 1.165) is 0 Å². The van der Waals surface area contributed by atoms with Crippen LogP contribution in [0, 0.1) is 0 Å². The summed E-state index contributed by atoms with van der Waals surface area (Å²) in [5.41, 5.74) is 16.5. The van der Waals surface area contributed by atoms with Crippen LogP contribution in [0.15, 0.2) is 0 Å². The second kappa shape index (κ2) is 4.81. The van der Waals surface area contributed by atoms with E-state index >= 15 is 0 Å². The van der Waals surface area contributed by atoms with Gasteiger partial charge in [0, 0.05) is 0 Å². The lowest BCUT2D eigenvalue weighted by atomic mass is 10.4. The molecule has 0 aliphatic rings. The predicted molar refractivity (Wildman–Crippen MR) is 58.1 cm³/mol. The van der Waals surface area contributed by atoms with Crippen LogP contribution in [0.2, 0.25) is 0 Å². The minimum absolute atomic E-state index is 0.0261. The van der Waals surface area contributed by atoms with Crippen molar-refractivity contribution in [3.8, 4) is 5.88 Å². The van der Waals surface area contributed by atoms with Crippen LogP contribution < -0.4 is 21.9 Å². The molecule has 7 N–H and O–H groups in total. The van der Waals surface area contributed by atoms with Gasteiger partial charge in [-0.25, -0.2) is 0 Å². The summed E-state index contributed by atoms with van der Waals surface area (Å²) in [6.07, 6.45) is -1.70. The highest BCUT2D eigenvalue weighted by Crippen LogP contribution is 2.25. The third-order valence-corrected chi connectivity index (χ3v) is 1.62. The van der Waals surface area contributed by atoms with Crippen LogP contribution in [0.3, 0.4) is 0 Å². The van der Waals surface area contributed by atoms with Crippen LogP contribution in [0.5, 0.6) is 5.88 Å². The third kappa shape index (κ3) is 3.11.